The van der Waals surface area contributed by atoms with Gasteiger partial charge in [0.25, 0.3) is 0 Å². The highest BCUT2D eigenvalue weighted by atomic mass is 16.1. The second-order valence-corrected chi connectivity index (χ2v) is 5.38. The van der Waals surface area contributed by atoms with Gasteiger partial charge in [0.1, 0.15) is 0 Å². The summed E-state index contributed by atoms with van der Waals surface area (Å²) < 4.78 is 1.62. The van der Waals surface area contributed by atoms with E-state index in [1.54, 1.807) is 4.68 Å². The van der Waals surface area contributed by atoms with Crippen LogP contribution in [0.15, 0.2) is 24.3 Å². The van der Waals surface area contributed by atoms with Gasteiger partial charge in [-0.3, -0.25) is 4.79 Å². The van der Waals surface area contributed by atoms with Gasteiger partial charge in [0.2, 0.25) is 5.91 Å². The first kappa shape index (κ1) is 13.7. The highest BCUT2D eigenvalue weighted by Crippen LogP contribution is 2.25. The predicted molar refractivity (Wildman–Crippen MR) is 77.8 cm³/mol. The monoisotopic (exact) mass is 286 g/mol. The van der Waals surface area contributed by atoms with Crippen LogP contribution in [0.5, 0.6) is 0 Å². The Bertz CT molecular complexity index is 652. The van der Waals surface area contributed by atoms with Gasteiger partial charge in [-0.1, -0.05) is 12.5 Å². The van der Waals surface area contributed by atoms with Crippen molar-refractivity contribution in [3.63, 3.8) is 0 Å². The van der Waals surface area contributed by atoms with Crippen LogP contribution in [0.3, 0.4) is 0 Å². The molecule has 1 heterocycles. The summed E-state index contributed by atoms with van der Waals surface area (Å²) in [6.07, 6.45) is 2.80. The molecule has 1 saturated carbocycles. The summed E-state index contributed by atoms with van der Waals surface area (Å²) in [7, 11) is 0. The van der Waals surface area contributed by atoms with E-state index in [9.17, 15) is 4.79 Å². The lowest BCUT2D eigenvalue weighted by molar-refractivity contribution is -0.120. The van der Waals surface area contributed by atoms with Crippen molar-refractivity contribution >= 4 is 11.6 Å². The Labute approximate surface area is 122 Å². The lowest BCUT2D eigenvalue weighted by Crippen LogP contribution is -2.34. The third kappa shape index (κ3) is 2.78. The maximum Gasteiger partial charge on any atom is 0.229 e. The Morgan fingerprint density at radius 2 is 2.29 bits per heavy atom. The molecule has 1 fully saturated rings. The molecule has 3 N–H and O–H groups in total. The first-order chi connectivity index (χ1) is 10.1. The smallest absolute Gasteiger partial charge is 0.229 e. The number of carbonyl (C=O) groups is 1. The van der Waals surface area contributed by atoms with Gasteiger partial charge in [-0.15, -0.1) is 5.10 Å². The first-order valence-electron chi connectivity index (χ1n) is 7.07. The van der Waals surface area contributed by atoms with Crippen LogP contribution in [-0.2, 0) is 4.79 Å². The van der Waals surface area contributed by atoms with Crippen LogP contribution in [0.25, 0.3) is 5.69 Å². The Balaban J connectivity index is 1.77. The molecule has 1 aliphatic carbocycles. The minimum absolute atomic E-state index is 0.00872. The number of anilines is 1. The fourth-order valence-electron chi connectivity index (χ4n) is 2.73. The third-order valence-corrected chi connectivity index (χ3v) is 3.89. The Kier molecular flexibility index (Phi) is 3.66. The van der Waals surface area contributed by atoms with E-state index in [0.717, 1.165) is 30.6 Å². The lowest BCUT2D eigenvalue weighted by Gasteiger charge is -2.15. The van der Waals surface area contributed by atoms with E-state index < -0.39 is 0 Å². The number of hydrogen-bond acceptors (Lipinski definition) is 5. The van der Waals surface area contributed by atoms with Gasteiger partial charge >= 0.3 is 0 Å². The molecule has 2 aromatic rings. The van der Waals surface area contributed by atoms with Gasteiger partial charge in [-0.05, 0) is 48.4 Å². The van der Waals surface area contributed by atoms with Crippen LogP contribution in [0.4, 0.5) is 5.69 Å². The topological polar surface area (TPSA) is 98.7 Å². The number of tetrazole rings is 1. The maximum atomic E-state index is 12.3. The van der Waals surface area contributed by atoms with Crippen molar-refractivity contribution in [1.82, 2.24) is 20.2 Å². The fourth-order valence-corrected chi connectivity index (χ4v) is 2.73. The molecular formula is C14H18N6O. The molecule has 0 radical (unpaired) electrons. The number of carbonyl (C=O) groups excluding carboxylic acids is 1. The van der Waals surface area contributed by atoms with Crippen LogP contribution >= 0.6 is 0 Å². The van der Waals surface area contributed by atoms with Gasteiger partial charge < -0.3 is 11.1 Å². The molecule has 0 aliphatic heterocycles. The lowest BCUT2D eigenvalue weighted by atomic mass is 10.0. The number of amides is 1. The molecule has 110 valence electrons. The second kappa shape index (κ2) is 5.61. The number of rotatable bonds is 3. The van der Waals surface area contributed by atoms with Crippen molar-refractivity contribution in [2.45, 2.75) is 32.2 Å². The number of nitrogens with zero attached hydrogens (tertiary/aromatic N) is 4. The van der Waals surface area contributed by atoms with Crippen molar-refractivity contribution in [2.75, 3.05) is 5.32 Å². The number of benzene rings is 1. The molecule has 1 amide bonds. The number of hydrogen-bond donors (Lipinski definition) is 2. The van der Waals surface area contributed by atoms with E-state index in [1.807, 2.05) is 31.2 Å². The van der Waals surface area contributed by atoms with Crippen LogP contribution in [0.2, 0.25) is 0 Å². The van der Waals surface area contributed by atoms with E-state index in [-0.39, 0.29) is 17.9 Å². The van der Waals surface area contributed by atoms with Crippen molar-refractivity contribution < 1.29 is 4.79 Å². The van der Waals surface area contributed by atoms with Crippen LogP contribution in [-0.4, -0.2) is 32.2 Å². The molecule has 21 heavy (non-hydrogen) atoms. The van der Waals surface area contributed by atoms with Gasteiger partial charge in [0.15, 0.2) is 5.82 Å². The zero-order valence-electron chi connectivity index (χ0n) is 11.9. The molecule has 0 saturated heterocycles. The molecule has 7 nitrogen and oxygen atoms in total. The summed E-state index contributed by atoms with van der Waals surface area (Å²) in [6.45, 7) is 1.82. The van der Waals surface area contributed by atoms with E-state index in [1.165, 1.54) is 0 Å². The summed E-state index contributed by atoms with van der Waals surface area (Å²) in [5, 5.41) is 14.3. The van der Waals surface area contributed by atoms with E-state index in [2.05, 4.69) is 20.8 Å². The standard InChI is InChI=1S/C14H18N6O/c1-9-17-18-19-20(9)11-5-2-4-10(8-11)16-14(21)12-6-3-7-13(12)15/h2,4-5,8,12-13H,3,6-7,15H2,1H3,(H,16,21). The zero-order chi connectivity index (χ0) is 14.8. The SMILES string of the molecule is Cc1nnnn1-c1cccc(NC(=O)C2CCCC2N)c1. The van der Waals surface area contributed by atoms with Gasteiger partial charge in [0.05, 0.1) is 11.6 Å². The third-order valence-electron chi connectivity index (χ3n) is 3.89. The van der Waals surface area contributed by atoms with Crippen molar-refractivity contribution in [3.05, 3.63) is 30.1 Å². The summed E-state index contributed by atoms with van der Waals surface area (Å²) in [5.74, 6) is 0.588. The van der Waals surface area contributed by atoms with E-state index in [0.29, 0.717) is 5.82 Å². The summed E-state index contributed by atoms with van der Waals surface area (Å²) in [6, 6.07) is 7.42. The number of aromatic nitrogens is 4. The Morgan fingerprint density at radius 1 is 1.43 bits per heavy atom. The molecule has 0 spiro atoms. The first-order valence-corrected chi connectivity index (χ1v) is 7.07. The van der Waals surface area contributed by atoms with E-state index >= 15 is 0 Å². The van der Waals surface area contributed by atoms with Crippen LogP contribution in [0, 0.1) is 12.8 Å². The number of nitrogens with two attached hydrogens (primary N) is 1. The van der Waals surface area contributed by atoms with Crippen molar-refractivity contribution in [3.8, 4) is 5.69 Å². The van der Waals surface area contributed by atoms with Crippen molar-refractivity contribution in [1.29, 1.82) is 0 Å². The van der Waals surface area contributed by atoms with Crippen LogP contribution in [0.1, 0.15) is 25.1 Å². The Morgan fingerprint density at radius 3 is 2.95 bits per heavy atom. The fraction of sp³-hybridized carbons (Fsp3) is 0.429. The maximum absolute atomic E-state index is 12.3. The average molecular weight is 286 g/mol. The summed E-state index contributed by atoms with van der Waals surface area (Å²) >= 11 is 0. The zero-order valence-corrected chi connectivity index (χ0v) is 11.9. The summed E-state index contributed by atoms with van der Waals surface area (Å²) in [4.78, 5) is 12.3. The Hall–Kier alpha value is -2.28. The molecule has 0 bridgehead atoms. The largest absolute Gasteiger partial charge is 0.327 e. The molecule has 3 rings (SSSR count). The minimum atomic E-state index is -0.0940. The molecule has 2 atom stereocenters. The minimum Gasteiger partial charge on any atom is -0.327 e. The number of aryl methyl sites for hydroxylation is 1. The molecule has 1 aliphatic rings. The normalized spacial score (nSPS) is 21.4. The molecule has 7 heteroatoms. The molecule has 1 aromatic heterocycles. The molecule has 2 unspecified atom stereocenters. The average Bonchev–Trinajstić information content (AvgIpc) is 3.07. The number of nitrogens with one attached hydrogen (secondary N) is 1. The van der Waals surface area contributed by atoms with Gasteiger partial charge in [0, 0.05) is 11.7 Å². The summed E-state index contributed by atoms with van der Waals surface area (Å²) in [5.41, 5.74) is 7.51. The quantitative estimate of drug-likeness (QED) is 0.878. The highest BCUT2D eigenvalue weighted by Gasteiger charge is 2.30. The van der Waals surface area contributed by atoms with Crippen LogP contribution < -0.4 is 11.1 Å². The second-order valence-electron chi connectivity index (χ2n) is 5.38. The molecule has 1 aromatic carbocycles. The molecular weight excluding hydrogens is 268 g/mol. The van der Waals surface area contributed by atoms with Crippen molar-refractivity contribution in [2.24, 2.45) is 11.7 Å². The van der Waals surface area contributed by atoms with E-state index in [4.69, 9.17) is 5.73 Å². The predicted octanol–water partition coefficient (Wildman–Crippen LogP) is 1.04. The van der Waals surface area contributed by atoms with Gasteiger partial charge in [-0.2, -0.15) is 4.68 Å². The highest BCUT2D eigenvalue weighted by molar-refractivity contribution is 5.93. The van der Waals surface area contributed by atoms with Gasteiger partial charge in [-0.25, -0.2) is 0 Å².